The van der Waals surface area contributed by atoms with Gasteiger partial charge in [-0.3, -0.25) is 9.35 Å². The Balaban J connectivity index is 0.000000488. The largest absolute Gasteiger partial charge is 0.459 e. The highest BCUT2D eigenvalue weighted by atomic mass is 32.2. The van der Waals surface area contributed by atoms with Crippen molar-refractivity contribution in [3.8, 4) is 0 Å². The zero-order valence-corrected chi connectivity index (χ0v) is 15.9. The first-order chi connectivity index (χ1) is 10.8. The van der Waals surface area contributed by atoms with Crippen molar-refractivity contribution in [1.29, 1.82) is 0 Å². The van der Waals surface area contributed by atoms with Gasteiger partial charge in [-0.1, -0.05) is 24.3 Å². The maximum absolute atomic E-state index is 12.3. The highest BCUT2D eigenvalue weighted by molar-refractivity contribution is 7.87. The average Bonchev–Trinajstić information content (AvgIpc) is 2.98. The topological polar surface area (TPSA) is 92.7 Å². The molecule has 0 bridgehead atoms. The number of allylic oxidation sites excluding steroid dienone is 2. The summed E-state index contributed by atoms with van der Waals surface area (Å²) in [6.45, 7) is 10.3. The molecule has 0 aromatic heterocycles. The third-order valence-corrected chi connectivity index (χ3v) is 5.93. The Kier molecular flexibility index (Phi) is 6.41. The Morgan fingerprint density at radius 3 is 2.00 bits per heavy atom. The van der Waals surface area contributed by atoms with Gasteiger partial charge in [-0.25, -0.2) is 0 Å². The van der Waals surface area contributed by atoms with Gasteiger partial charge in [0.25, 0.3) is 10.1 Å². The molecule has 24 heavy (non-hydrogen) atoms. The zero-order valence-electron chi connectivity index (χ0n) is 15.1. The van der Waals surface area contributed by atoms with Crippen molar-refractivity contribution in [3.63, 3.8) is 0 Å². The Morgan fingerprint density at radius 1 is 1.12 bits per heavy atom. The molecule has 1 heterocycles. The summed E-state index contributed by atoms with van der Waals surface area (Å²) in [6.07, 6.45) is 8.57. The molecule has 0 radical (unpaired) electrons. The fourth-order valence-electron chi connectivity index (χ4n) is 2.46. The Morgan fingerprint density at radius 2 is 1.62 bits per heavy atom. The van der Waals surface area contributed by atoms with Crippen molar-refractivity contribution >= 4 is 16.1 Å². The van der Waals surface area contributed by atoms with E-state index in [1.807, 2.05) is 0 Å². The standard InChI is InChI=1S/C13H20O5S.C4H9N/c1-11(2,3)18-10(14)12(4)8-6-7-9-13(12,5)19(15,16)17;1-2-4-5-3-1/h6-9H,1-5H3,(H,15,16,17);5H,1-4H2/t12?,13-;/m0./s1. The molecular formula is C17H29NO5S. The summed E-state index contributed by atoms with van der Waals surface area (Å²) in [6, 6.07) is 0. The van der Waals surface area contributed by atoms with Crippen LogP contribution in [0.4, 0.5) is 0 Å². The molecule has 2 atom stereocenters. The molecule has 7 heteroatoms. The first-order valence-electron chi connectivity index (χ1n) is 8.12. The molecule has 2 aliphatic rings. The van der Waals surface area contributed by atoms with Crippen LogP contribution in [0.2, 0.25) is 0 Å². The van der Waals surface area contributed by atoms with Gasteiger partial charge in [-0.15, -0.1) is 0 Å². The van der Waals surface area contributed by atoms with Crippen LogP contribution in [0.1, 0.15) is 47.5 Å². The number of carbonyl (C=O) groups excluding carboxylic acids is 1. The molecule has 2 rings (SSSR count). The maximum Gasteiger partial charge on any atom is 0.318 e. The van der Waals surface area contributed by atoms with Gasteiger partial charge in [0, 0.05) is 0 Å². The SMILES string of the molecule is C1CCNC1.CC(C)(C)OC(=O)C1(C)C=CC=C[C@]1(C)S(=O)(=O)O. The van der Waals surface area contributed by atoms with E-state index >= 15 is 0 Å². The molecule has 6 nitrogen and oxygen atoms in total. The second kappa shape index (κ2) is 7.37. The lowest BCUT2D eigenvalue weighted by Gasteiger charge is -2.40. The van der Waals surface area contributed by atoms with Gasteiger partial charge in [0.1, 0.15) is 15.8 Å². The van der Waals surface area contributed by atoms with Crippen LogP contribution in [0.3, 0.4) is 0 Å². The number of ether oxygens (including phenoxy) is 1. The van der Waals surface area contributed by atoms with Crippen LogP contribution >= 0.6 is 0 Å². The van der Waals surface area contributed by atoms with Gasteiger partial charge in [0.05, 0.1) is 0 Å². The fraction of sp³-hybridized carbons (Fsp3) is 0.706. The molecule has 2 N–H and O–H groups in total. The van der Waals surface area contributed by atoms with Gasteiger partial charge in [0.2, 0.25) is 0 Å². The van der Waals surface area contributed by atoms with Crippen molar-refractivity contribution in [2.24, 2.45) is 5.41 Å². The lowest BCUT2D eigenvalue weighted by molar-refractivity contribution is -0.164. The Labute approximate surface area is 145 Å². The summed E-state index contributed by atoms with van der Waals surface area (Å²) in [4.78, 5) is 12.3. The zero-order chi connectivity index (χ0) is 18.6. The van der Waals surface area contributed by atoms with E-state index in [0.29, 0.717) is 0 Å². The van der Waals surface area contributed by atoms with E-state index in [1.54, 1.807) is 26.8 Å². The van der Waals surface area contributed by atoms with Crippen LogP contribution in [-0.2, 0) is 19.6 Å². The maximum atomic E-state index is 12.3. The molecule has 1 aliphatic heterocycles. The average molecular weight is 359 g/mol. The molecule has 1 saturated heterocycles. The number of carbonyl (C=O) groups is 1. The van der Waals surface area contributed by atoms with E-state index in [0.717, 1.165) is 0 Å². The van der Waals surface area contributed by atoms with Crippen LogP contribution in [-0.4, -0.2) is 42.4 Å². The minimum atomic E-state index is -4.47. The number of esters is 1. The van der Waals surface area contributed by atoms with Crippen LogP contribution < -0.4 is 5.32 Å². The molecule has 138 valence electrons. The van der Waals surface area contributed by atoms with E-state index < -0.39 is 31.9 Å². The first-order valence-corrected chi connectivity index (χ1v) is 9.56. The summed E-state index contributed by atoms with van der Waals surface area (Å²) in [5, 5.41) is 3.22. The van der Waals surface area contributed by atoms with Crippen molar-refractivity contribution in [3.05, 3.63) is 24.3 Å². The van der Waals surface area contributed by atoms with E-state index in [-0.39, 0.29) is 0 Å². The lowest BCUT2D eigenvalue weighted by Crippen LogP contribution is -2.54. The molecule has 1 aliphatic carbocycles. The van der Waals surface area contributed by atoms with Gasteiger partial charge in [-0.05, 0) is 60.5 Å². The lowest BCUT2D eigenvalue weighted by atomic mass is 9.74. The van der Waals surface area contributed by atoms with Crippen molar-refractivity contribution < 1.29 is 22.5 Å². The number of hydrogen-bond donors (Lipinski definition) is 2. The van der Waals surface area contributed by atoms with E-state index in [9.17, 15) is 17.8 Å². The smallest absolute Gasteiger partial charge is 0.318 e. The van der Waals surface area contributed by atoms with Crippen molar-refractivity contribution in [2.45, 2.75) is 57.8 Å². The summed E-state index contributed by atoms with van der Waals surface area (Å²) in [7, 11) is -4.47. The molecular weight excluding hydrogens is 330 g/mol. The van der Waals surface area contributed by atoms with E-state index in [1.165, 1.54) is 58.0 Å². The third-order valence-electron chi connectivity index (χ3n) is 4.30. The second-order valence-electron chi connectivity index (χ2n) is 7.46. The molecule has 0 amide bonds. The van der Waals surface area contributed by atoms with Gasteiger partial charge in [0.15, 0.2) is 0 Å². The van der Waals surface area contributed by atoms with E-state index in [2.05, 4.69) is 5.32 Å². The minimum Gasteiger partial charge on any atom is -0.459 e. The highest BCUT2D eigenvalue weighted by Crippen LogP contribution is 2.43. The summed E-state index contributed by atoms with van der Waals surface area (Å²) >= 11 is 0. The molecule has 1 fully saturated rings. The third kappa shape index (κ3) is 4.68. The highest BCUT2D eigenvalue weighted by Gasteiger charge is 2.57. The summed E-state index contributed by atoms with van der Waals surface area (Å²) in [5.41, 5.74) is -2.22. The number of nitrogens with one attached hydrogen (secondary N) is 1. The molecule has 0 aromatic rings. The summed E-state index contributed by atoms with van der Waals surface area (Å²) in [5.74, 6) is -0.694. The molecule has 1 unspecified atom stereocenters. The van der Waals surface area contributed by atoms with Crippen LogP contribution in [0.5, 0.6) is 0 Å². The monoisotopic (exact) mass is 359 g/mol. The Bertz CT molecular complexity index is 606. The molecule has 0 spiro atoms. The quantitative estimate of drug-likeness (QED) is 0.581. The van der Waals surface area contributed by atoms with Gasteiger partial charge in [-0.2, -0.15) is 8.42 Å². The fourth-order valence-corrected chi connectivity index (χ4v) is 3.40. The van der Waals surface area contributed by atoms with Crippen LogP contribution in [0.25, 0.3) is 0 Å². The van der Waals surface area contributed by atoms with Crippen molar-refractivity contribution in [1.82, 2.24) is 5.32 Å². The van der Waals surface area contributed by atoms with E-state index in [4.69, 9.17) is 4.74 Å². The van der Waals surface area contributed by atoms with Crippen LogP contribution in [0, 0.1) is 5.41 Å². The predicted octanol–water partition coefficient (Wildman–Crippen LogP) is 2.48. The minimum absolute atomic E-state index is 0.694. The molecule has 0 aromatic carbocycles. The molecule has 0 saturated carbocycles. The second-order valence-corrected chi connectivity index (χ2v) is 9.26. The normalized spacial score (nSPS) is 29.8. The first kappa shape index (κ1) is 20.9. The van der Waals surface area contributed by atoms with Gasteiger partial charge < -0.3 is 10.1 Å². The predicted molar refractivity (Wildman–Crippen MR) is 94.3 cm³/mol. The van der Waals surface area contributed by atoms with Crippen LogP contribution in [0.15, 0.2) is 24.3 Å². The van der Waals surface area contributed by atoms with Gasteiger partial charge >= 0.3 is 5.97 Å². The summed E-state index contributed by atoms with van der Waals surface area (Å²) < 4.78 is 36.3. The van der Waals surface area contributed by atoms with Crippen molar-refractivity contribution in [2.75, 3.05) is 13.1 Å². The number of rotatable bonds is 2. The number of hydrogen-bond acceptors (Lipinski definition) is 5. The Hall–Kier alpha value is -1.18.